The summed E-state index contributed by atoms with van der Waals surface area (Å²) in [6.45, 7) is 14.0. The van der Waals surface area contributed by atoms with Gasteiger partial charge in [-0.15, -0.1) is 0 Å². The van der Waals surface area contributed by atoms with Crippen LogP contribution in [0, 0.1) is 10.8 Å². The summed E-state index contributed by atoms with van der Waals surface area (Å²) in [5, 5.41) is 0. The largest absolute Gasteiger partial charge is 0.346 e. The second kappa shape index (κ2) is 3.72. The molecule has 3 nitrogen and oxygen atoms in total. The Hall–Kier alpha value is -0.120. The molecule has 1 heterocycles. The first-order valence-corrected chi connectivity index (χ1v) is 5.66. The number of hydrogen-bond acceptors (Lipinski definition) is 3. The van der Waals surface area contributed by atoms with Gasteiger partial charge in [-0.1, -0.05) is 41.5 Å². The molecular formula is C12H25NO2. The summed E-state index contributed by atoms with van der Waals surface area (Å²) in [4.78, 5) is 0. The van der Waals surface area contributed by atoms with Crippen LogP contribution in [0.5, 0.6) is 0 Å². The van der Waals surface area contributed by atoms with Crippen LogP contribution in [0.25, 0.3) is 0 Å². The van der Waals surface area contributed by atoms with Gasteiger partial charge in [-0.25, -0.2) is 0 Å². The van der Waals surface area contributed by atoms with Crippen LogP contribution in [-0.2, 0) is 9.47 Å². The molecule has 0 aliphatic carbocycles. The lowest BCUT2D eigenvalue weighted by Crippen LogP contribution is -2.54. The summed E-state index contributed by atoms with van der Waals surface area (Å²) in [5.74, 6) is -0.538. The van der Waals surface area contributed by atoms with E-state index in [0.717, 1.165) is 0 Å². The van der Waals surface area contributed by atoms with Crippen LogP contribution in [0.1, 0.15) is 41.5 Å². The fourth-order valence-electron chi connectivity index (χ4n) is 2.54. The summed E-state index contributed by atoms with van der Waals surface area (Å²) in [7, 11) is 0. The molecule has 1 unspecified atom stereocenters. The molecule has 0 aromatic carbocycles. The fraction of sp³-hybridized carbons (Fsp3) is 1.00. The minimum Gasteiger partial charge on any atom is -0.346 e. The predicted molar refractivity (Wildman–Crippen MR) is 61.5 cm³/mol. The molecular weight excluding hydrogens is 190 g/mol. The molecule has 1 rings (SSSR count). The molecule has 90 valence electrons. The number of ether oxygens (including phenoxy) is 2. The van der Waals surface area contributed by atoms with E-state index < -0.39 is 5.79 Å². The lowest BCUT2D eigenvalue weighted by atomic mass is 9.70. The van der Waals surface area contributed by atoms with Crippen molar-refractivity contribution >= 4 is 0 Å². The first-order valence-electron chi connectivity index (χ1n) is 5.66. The Morgan fingerprint density at radius 3 is 1.80 bits per heavy atom. The van der Waals surface area contributed by atoms with E-state index in [-0.39, 0.29) is 16.9 Å². The third-order valence-electron chi connectivity index (χ3n) is 3.04. The van der Waals surface area contributed by atoms with Gasteiger partial charge in [0.1, 0.15) is 0 Å². The van der Waals surface area contributed by atoms with Crippen molar-refractivity contribution in [1.82, 2.24) is 0 Å². The van der Waals surface area contributed by atoms with Gasteiger partial charge < -0.3 is 15.2 Å². The van der Waals surface area contributed by atoms with Crippen molar-refractivity contribution < 1.29 is 9.47 Å². The van der Waals surface area contributed by atoms with Crippen LogP contribution in [0.3, 0.4) is 0 Å². The highest BCUT2D eigenvalue weighted by Gasteiger charge is 2.57. The molecule has 15 heavy (non-hydrogen) atoms. The maximum absolute atomic E-state index is 6.08. The summed E-state index contributed by atoms with van der Waals surface area (Å²) < 4.78 is 12.1. The smallest absolute Gasteiger partial charge is 0.178 e. The molecule has 1 atom stereocenters. The second-order valence-corrected chi connectivity index (χ2v) is 6.40. The Bertz CT molecular complexity index is 211. The molecule has 1 fully saturated rings. The van der Waals surface area contributed by atoms with Gasteiger partial charge in [-0.2, -0.15) is 0 Å². The van der Waals surface area contributed by atoms with Crippen molar-refractivity contribution in [2.45, 2.75) is 53.4 Å². The monoisotopic (exact) mass is 215 g/mol. The molecule has 0 aromatic heterocycles. The Morgan fingerprint density at radius 1 is 1.13 bits per heavy atom. The minimum absolute atomic E-state index is 0.0310. The van der Waals surface area contributed by atoms with Gasteiger partial charge in [0.05, 0.1) is 12.7 Å². The van der Waals surface area contributed by atoms with E-state index in [9.17, 15) is 0 Å². The molecule has 1 saturated heterocycles. The number of hydrogen-bond donors (Lipinski definition) is 1. The van der Waals surface area contributed by atoms with Crippen molar-refractivity contribution in [3.05, 3.63) is 0 Å². The molecule has 0 bridgehead atoms. The van der Waals surface area contributed by atoms with Gasteiger partial charge in [-0.05, 0) is 0 Å². The van der Waals surface area contributed by atoms with E-state index in [1.54, 1.807) is 0 Å². The molecule has 0 aromatic rings. The van der Waals surface area contributed by atoms with E-state index >= 15 is 0 Å². The fourth-order valence-corrected chi connectivity index (χ4v) is 2.54. The molecule has 0 amide bonds. The Morgan fingerprint density at radius 2 is 1.60 bits per heavy atom. The second-order valence-electron chi connectivity index (χ2n) is 6.40. The maximum Gasteiger partial charge on any atom is 0.178 e. The Kier molecular flexibility index (Phi) is 3.21. The molecule has 0 spiro atoms. The predicted octanol–water partition coefficient (Wildman–Crippen LogP) is 2.15. The van der Waals surface area contributed by atoms with Crippen molar-refractivity contribution in [3.8, 4) is 0 Å². The van der Waals surface area contributed by atoms with Crippen molar-refractivity contribution in [3.63, 3.8) is 0 Å². The Balaban J connectivity index is 3.01. The first-order chi connectivity index (χ1) is 6.64. The minimum atomic E-state index is -0.538. The van der Waals surface area contributed by atoms with Gasteiger partial charge in [0, 0.05) is 17.4 Å². The summed E-state index contributed by atoms with van der Waals surface area (Å²) in [5.41, 5.74) is 5.52. The van der Waals surface area contributed by atoms with Crippen LogP contribution < -0.4 is 5.73 Å². The standard InChI is InChI=1S/C12H25NO2/c1-10(2,3)12(11(4,5)6)14-8-9(7-13)15-12/h9H,7-8,13H2,1-6H3. The first kappa shape index (κ1) is 12.9. The summed E-state index contributed by atoms with van der Waals surface area (Å²) >= 11 is 0. The van der Waals surface area contributed by atoms with Crippen molar-refractivity contribution in [2.24, 2.45) is 16.6 Å². The third-order valence-corrected chi connectivity index (χ3v) is 3.04. The zero-order valence-electron chi connectivity index (χ0n) is 10.9. The van der Waals surface area contributed by atoms with Crippen LogP contribution in [0.2, 0.25) is 0 Å². The molecule has 1 aliphatic heterocycles. The third kappa shape index (κ3) is 2.05. The SMILES string of the molecule is CC(C)(C)C1(C(C)(C)C)OCC(CN)O1. The summed E-state index contributed by atoms with van der Waals surface area (Å²) in [6, 6.07) is 0. The number of rotatable bonds is 1. The van der Waals surface area contributed by atoms with Crippen LogP contribution in [0.4, 0.5) is 0 Å². The highest BCUT2D eigenvalue weighted by atomic mass is 16.7. The average molecular weight is 215 g/mol. The highest BCUT2D eigenvalue weighted by molar-refractivity contribution is 4.97. The van der Waals surface area contributed by atoms with Crippen LogP contribution in [0.15, 0.2) is 0 Å². The molecule has 0 radical (unpaired) electrons. The van der Waals surface area contributed by atoms with E-state index in [0.29, 0.717) is 13.2 Å². The highest BCUT2D eigenvalue weighted by Crippen LogP contribution is 2.50. The zero-order valence-corrected chi connectivity index (χ0v) is 10.9. The average Bonchev–Trinajstić information content (AvgIpc) is 2.45. The van der Waals surface area contributed by atoms with Gasteiger partial charge in [-0.3, -0.25) is 0 Å². The molecule has 1 aliphatic rings. The van der Waals surface area contributed by atoms with Crippen LogP contribution >= 0.6 is 0 Å². The maximum atomic E-state index is 6.08. The van der Waals surface area contributed by atoms with Crippen molar-refractivity contribution in [1.29, 1.82) is 0 Å². The summed E-state index contributed by atoms with van der Waals surface area (Å²) in [6.07, 6.45) is 0.0310. The van der Waals surface area contributed by atoms with Gasteiger partial charge in [0.15, 0.2) is 5.79 Å². The van der Waals surface area contributed by atoms with E-state index in [4.69, 9.17) is 15.2 Å². The van der Waals surface area contributed by atoms with E-state index in [1.807, 2.05) is 0 Å². The zero-order chi connectivity index (χ0) is 11.9. The lowest BCUT2D eigenvalue weighted by Gasteiger charge is -2.49. The normalized spacial score (nSPS) is 27.0. The van der Waals surface area contributed by atoms with Crippen molar-refractivity contribution in [2.75, 3.05) is 13.2 Å². The lowest BCUT2D eigenvalue weighted by molar-refractivity contribution is -0.286. The van der Waals surface area contributed by atoms with Gasteiger partial charge >= 0.3 is 0 Å². The van der Waals surface area contributed by atoms with Gasteiger partial charge in [0.25, 0.3) is 0 Å². The van der Waals surface area contributed by atoms with Crippen LogP contribution in [-0.4, -0.2) is 25.0 Å². The quantitative estimate of drug-likeness (QED) is 0.729. The van der Waals surface area contributed by atoms with E-state index in [1.165, 1.54) is 0 Å². The van der Waals surface area contributed by atoms with Gasteiger partial charge in [0.2, 0.25) is 0 Å². The molecule has 0 saturated carbocycles. The Labute approximate surface area is 93.3 Å². The number of nitrogens with two attached hydrogens (primary N) is 1. The topological polar surface area (TPSA) is 44.5 Å². The molecule has 2 N–H and O–H groups in total. The molecule has 3 heteroatoms. The van der Waals surface area contributed by atoms with E-state index in [2.05, 4.69) is 41.5 Å².